The van der Waals surface area contributed by atoms with Gasteiger partial charge in [-0.25, -0.2) is 4.39 Å². The molecule has 0 aliphatic heterocycles. The van der Waals surface area contributed by atoms with Crippen LogP contribution < -0.4 is 9.47 Å². The third-order valence-corrected chi connectivity index (χ3v) is 2.77. The molecule has 0 spiro atoms. The minimum Gasteiger partial charge on any atom is -0.491 e. The lowest BCUT2D eigenvalue weighted by atomic mass is 10.2. The van der Waals surface area contributed by atoms with Gasteiger partial charge in [-0.3, -0.25) is 0 Å². The van der Waals surface area contributed by atoms with Crippen LogP contribution in [0.3, 0.4) is 0 Å². The summed E-state index contributed by atoms with van der Waals surface area (Å²) in [5.74, 6) is -1.89. The molecule has 2 rings (SSSR count). The molecule has 0 amide bonds. The van der Waals surface area contributed by atoms with Gasteiger partial charge in [-0.2, -0.15) is 9.65 Å². The summed E-state index contributed by atoms with van der Waals surface area (Å²) < 4.78 is 36.6. The Morgan fingerprint density at radius 1 is 1.05 bits per heavy atom. The highest BCUT2D eigenvalue weighted by Crippen LogP contribution is 2.19. The van der Waals surface area contributed by atoms with E-state index in [1.165, 1.54) is 12.1 Å². The second kappa shape index (κ2) is 7.38. The molecular weight excluding hydrogens is 292 g/mol. The molecule has 6 heteroatoms. The van der Waals surface area contributed by atoms with Crippen molar-refractivity contribution < 1.29 is 23.4 Å². The van der Waals surface area contributed by atoms with Crippen molar-refractivity contribution in [2.24, 2.45) is 0 Å². The van der Waals surface area contributed by atoms with Gasteiger partial charge in [0.05, 0.1) is 11.6 Å². The highest BCUT2D eigenvalue weighted by molar-refractivity contribution is 5.34. The number of ether oxygens (including phenoxy) is 2. The van der Waals surface area contributed by atoms with Gasteiger partial charge in [0.2, 0.25) is 5.82 Å². The molecule has 0 fully saturated rings. The molecule has 2 aromatic rings. The fourth-order valence-electron chi connectivity index (χ4n) is 1.65. The van der Waals surface area contributed by atoms with Gasteiger partial charge in [0.1, 0.15) is 25.1 Å². The van der Waals surface area contributed by atoms with Crippen LogP contribution in [0.15, 0.2) is 42.5 Å². The predicted octanol–water partition coefficient (Wildman–Crippen LogP) is 2.66. The maximum atomic E-state index is 13.3. The van der Waals surface area contributed by atoms with E-state index in [2.05, 4.69) is 0 Å². The van der Waals surface area contributed by atoms with E-state index in [9.17, 15) is 13.9 Å². The van der Waals surface area contributed by atoms with Crippen LogP contribution in [0.2, 0.25) is 0 Å². The molecule has 1 unspecified atom stereocenters. The van der Waals surface area contributed by atoms with E-state index in [0.29, 0.717) is 11.3 Å². The molecule has 2 aromatic carbocycles. The number of halogens is 2. The molecule has 0 saturated heterocycles. The largest absolute Gasteiger partial charge is 0.491 e. The van der Waals surface area contributed by atoms with E-state index in [1.807, 2.05) is 6.07 Å². The molecule has 1 N–H and O–H groups in total. The first-order valence-electron chi connectivity index (χ1n) is 6.48. The highest BCUT2D eigenvalue weighted by Gasteiger charge is 2.12. The van der Waals surface area contributed by atoms with Crippen LogP contribution in [-0.4, -0.2) is 24.4 Å². The van der Waals surface area contributed by atoms with Crippen molar-refractivity contribution in [1.29, 1.82) is 5.26 Å². The van der Waals surface area contributed by atoms with Crippen molar-refractivity contribution in [3.63, 3.8) is 0 Å². The molecule has 0 heterocycles. The zero-order valence-corrected chi connectivity index (χ0v) is 11.5. The van der Waals surface area contributed by atoms with Crippen LogP contribution in [-0.2, 0) is 0 Å². The number of hydrogen-bond acceptors (Lipinski definition) is 4. The maximum absolute atomic E-state index is 13.3. The maximum Gasteiger partial charge on any atom is 0.200 e. The van der Waals surface area contributed by atoms with E-state index in [-0.39, 0.29) is 19.0 Å². The van der Waals surface area contributed by atoms with Gasteiger partial charge in [0.25, 0.3) is 0 Å². The normalized spacial score (nSPS) is 11.5. The number of aliphatic hydroxyl groups excluding tert-OH is 1. The Hall–Kier alpha value is -2.65. The van der Waals surface area contributed by atoms with Gasteiger partial charge < -0.3 is 14.6 Å². The molecule has 0 saturated carbocycles. The van der Waals surface area contributed by atoms with Crippen molar-refractivity contribution in [3.05, 3.63) is 59.7 Å². The van der Waals surface area contributed by atoms with Crippen LogP contribution in [0, 0.1) is 23.0 Å². The number of benzene rings is 2. The van der Waals surface area contributed by atoms with E-state index < -0.39 is 17.7 Å². The molecule has 114 valence electrons. The zero-order chi connectivity index (χ0) is 15.9. The summed E-state index contributed by atoms with van der Waals surface area (Å²) in [5, 5.41) is 18.4. The molecule has 0 aliphatic rings. The molecule has 1 atom stereocenters. The van der Waals surface area contributed by atoms with Gasteiger partial charge >= 0.3 is 0 Å². The molecule has 4 nitrogen and oxygen atoms in total. The Bertz CT molecular complexity index is 668. The van der Waals surface area contributed by atoms with Crippen LogP contribution in [0.1, 0.15) is 5.56 Å². The van der Waals surface area contributed by atoms with Gasteiger partial charge in [0.15, 0.2) is 11.6 Å². The number of nitrogens with zero attached hydrogens (tertiary/aromatic N) is 1. The Morgan fingerprint density at radius 3 is 2.41 bits per heavy atom. The smallest absolute Gasteiger partial charge is 0.200 e. The van der Waals surface area contributed by atoms with Gasteiger partial charge in [-0.15, -0.1) is 0 Å². The summed E-state index contributed by atoms with van der Waals surface area (Å²) in [4.78, 5) is 0. The predicted molar refractivity (Wildman–Crippen MR) is 74.5 cm³/mol. The Morgan fingerprint density at radius 2 is 1.73 bits per heavy atom. The first-order valence-corrected chi connectivity index (χ1v) is 6.48. The average molecular weight is 305 g/mol. The van der Waals surface area contributed by atoms with Crippen LogP contribution in [0.5, 0.6) is 11.5 Å². The van der Waals surface area contributed by atoms with E-state index in [0.717, 1.165) is 6.07 Å². The van der Waals surface area contributed by atoms with Gasteiger partial charge in [-0.1, -0.05) is 6.07 Å². The fourth-order valence-corrected chi connectivity index (χ4v) is 1.65. The van der Waals surface area contributed by atoms with Crippen molar-refractivity contribution in [3.8, 4) is 17.6 Å². The monoisotopic (exact) mass is 305 g/mol. The zero-order valence-electron chi connectivity index (χ0n) is 11.5. The van der Waals surface area contributed by atoms with Crippen LogP contribution in [0.4, 0.5) is 8.78 Å². The van der Waals surface area contributed by atoms with E-state index >= 15 is 0 Å². The number of nitriles is 1. The number of aliphatic hydroxyl groups is 1. The summed E-state index contributed by atoms with van der Waals surface area (Å²) in [6.45, 7) is -0.320. The standard InChI is InChI=1S/C16H13F2NO3/c17-14-2-1-3-15(16(14)18)22-10-12(20)9-21-13-6-4-11(8-19)5-7-13/h1-7,12,20H,9-10H2. The van der Waals surface area contributed by atoms with Crippen molar-refractivity contribution in [2.75, 3.05) is 13.2 Å². The minimum absolute atomic E-state index is 0.0805. The third kappa shape index (κ3) is 4.17. The highest BCUT2D eigenvalue weighted by atomic mass is 19.2. The lowest BCUT2D eigenvalue weighted by molar-refractivity contribution is 0.0610. The number of hydrogen-bond donors (Lipinski definition) is 1. The van der Waals surface area contributed by atoms with E-state index in [1.54, 1.807) is 24.3 Å². The SMILES string of the molecule is N#Cc1ccc(OCC(O)COc2cccc(F)c2F)cc1. The Kier molecular flexibility index (Phi) is 5.28. The third-order valence-electron chi connectivity index (χ3n) is 2.77. The molecule has 0 bridgehead atoms. The fraction of sp³-hybridized carbons (Fsp3) is 0.188. The second-order valence-corrected chi connectivity index (χ2v) is 4.46. The molecule has 22 heavy (non-hydrogen) atoms. The molecule has 0 aliphatic carbocycles. The quantitative estimate of drug-likeness (QED) is 0.891. The summed E-state index contributed by atoms with van der Waals surface area (Å²) in [6.07, 6.45) is -1.02. The van der Waals surface area contributed by atoms with Crippen molar-refractivity contribution >= 4 is 0 Å². The summed E-state index contributed by atoms with van der Waals surface area (Å²) in [5.41, 5.74) is 0.498. The van der Waals surface area contributed by atoms with Crippen molar-refractivity contribution in [2.45, 2.75) is 6.10 Å². The van der Waals surface area contributed by atoms with Crippen LogP contribution in [0.25, 0.3) is 0 Å². The first-order chi connectivity index (χ1) is 10.6. The first kappa shape index (κ1) is 15.7. The summed E-state index contributed by atoms with van der Waals surface area (Å²) in [7, 11) is 0. The Labute approximate surface area is 126 Å². The topological polar surface area (TPSA) is 62.5 Å². The lowest BCUT2D eigenvalue weighted by Crippen LogP contribution is -2.25. The van der Waals surface area contributed by atoms with Gasteiger partial charge in [0, 0.05) is 0 Å². The Balaban J connectivity index is 1.81. The summed E-state index contributed by atoms with van der Waals surface area (Å²) >= 11 is 0. The van der Waals surface area contributed by atoms with Gasteiger partial charge in [-0.05, 0) is 36.4 Å². The number of rotatable bonds is 6. The minimum atomic E-state index is -1.09. The summed E-state index contributed by atoms with van der Waals surface area (Å²) in [6, 6.07) is 11.9. The molecule has 0 radical (unpaired) electrons. The average Bonchev–Trinajstić information content (AvgIpc) is 2.54. The molecule has 0 aromatic heterocycles. The van der Waals surface area contributed by atoms with E-state index in [4.69, 9.17) is 14.7 Å². The molecular formula is C16H13F2NO3. The van der Waals surface area contributed by atoms with Crippen LogP contribution >= 0.6 is 0 Å². The second-order valence-electron chi connectivity index (χ2n) is 4.46. The lowest BCUT2D eigenvalue weighted by Gasteiger charge is -2.14. The van der Waals surface area contributed by atoms with Crippen molar-refractivity contribution in [1.82, 2.24) is 0 Å².